The van der Waals surface area contributed by atoms with Gasteiger partial charge in [-0.1, -0.05) is 44.2 Å². The third-order valence-electron chi connectivity index (χ3n) is 3.47. The summed E-state index contributed by atoms with van der Waals surface area (Å²) >= 11 is 0. The van der Waals surface area contributed by atoms with Gasteiger partial charge in [-0.2, -0.15) is 0 Å². The van der Waals surface area contributed by atoms with Crippen LogP contribution in [0.15, 0.2) is 30.3 Å². The Labute approximate surface area is 121 Å². The van der Waals surface area contributed by atoms with Crippen LogP contribution < -0.4 is 5.32 Å². The number of carbonyl (C=O) groups excluding carboxylic acids is 1. The SMILES string of the molecule is CC(C)C[C@H]1CN(C(=O)OCc2ccccc2)CCN1. The summed E-state index contributed by atoms with van der Waals surface area (Å²) < 4.78 is 5.38. The highest BCUT2D eigenvalue weighted by Crippen LogP contribution is 2.11. The van der Waals surface area contributed by atoms with E-state index < -0.39 is 0 Å². The third kappa shape index (κ3) is 4.53. The summed E-state index contributed by atoms with van der Waals surface area (Å²) in [6.45, 7) is 7.06. The molecule has 0 aromatic heterocycles. The number of nitrogens with zero attached hydrogens (tertiary/aromatic N) is 1. The number of nitrogens with one attached hydrogen (secondary N) is 1. The summed E-state index contributed by atoms with van der Waals surface area (Å²) in [7, 11) is 0. The molecule has 20 heavy (non-hydrogen) atoms. The average Bonchev–Trinajstić information content (AvgIpc) is 2.45. The lowest BCUT2D eigenvalue weighted by Crippen LogP contribution is -2.53. The highest BCUT2D eigenvalue weighted by atomic mass is 16.6. The average molecular weight is 276 g/mol. The number of hydrogen-bond acceptors (Lipinski definition) is 3. The molecule has 4 heteroatoms. The van der Waals surface area contributed by atoms with Gasteiger partial charge >= 0.3 is 6.09 Å². The summed E-state index contributed by atoms with van der Waals surface area (Å²) in [5, 5.41) is 3.46. The second kappa shape index (κ2) is 7.29. The summed E-state index contributed by atoms with van der Waals surface area (Å²) in [6.07, 6.45) is 0.881. The number of benzene rings is 1. The van der Waals surface area contributed by atoms with Gasteiger partial charge in [-0.25, -0.2) is 4.79 Å². The minimum atomic E-state index is -0.205. The van der Waals surface area contributed by atoms with E-state index in [1.807, 2.05) is 35.2 Å². The predicted molar refractivity (Wildman–Crippen MR) is 79.4 cm³/mol. The first kappa shape index (κ1) is 14.9. The van der Waals surface area contributed by atoms with Crippen LogP contribution in [0.2, 0.25) is 0 Å². The van der Waals surface area contributed by atoms with E-state index in [9.17, 15) is 4.79 Å². The second-order valence-electron chi connectivity index (χ2n) is 5.77. The van der Waals surface area contributed by atoms with Crippen molar-refractivity contribution >= 4 is 6.09 Å². The number of amides is 1. The molecule has 1 amide bonds. The zero-order valence-electron chi connectivity index (χ0n) is 12.3. The number of rotatable bonds is 4. The molecule has 1 aliphatic heterocycles. The fraction of sp³-hybridized carbons (Fsp3) is 0.562. The van der Waals surface area contributed by atoms with Crippen LogP contribution in [0.4, 0.5) is 4.79 Å². The number of ether oxygens (including phenoxy) is 1. The second-order valence-corrected chi connectivity index (χ2v) is 5.77. The van der Waals surface area contributed by atoms with Crippen molar-refractivity contribution < 1.29 is 9.53 Å². The molecule has 0 unspecified atom stereocenters. The topological polar surface area (TPSA) is 41.6 Å². The Morgan fingerprint density at radius 2 is 2.15 bits per heavy atom. The van der Waals surface area contributed by atoms with Crippen molar-refractivity contribution in [1.29, 1.82) is 0 Å². The molecule has 1 aromatic rings. The monoisotopic (exact) mass is 276 g/mol. The largest absolute Gasteiger partial charge is 0.445 e. The fourth-order valence-electron chi connectivity index (χ4n) is 2.53. The molecule has 1 N–H and O–H groups in total. The van der Waals surface area contributed by atoms with E-state index in [0.717, 1.165) is 31.6 Å². The molecule has 0 aliphatic carbocycles. The molecule has 1 aliphatic rings. The number of piperazine rings is 1. The van der Waals surface area contributed by atoms with E-state index in [-0.39, 0.29) is 6.09 Å². The van der Waals surface area contributed by atoms with Crippen molar-refractivity contribution in [3.8, 4) is 0 Å². The first-order valence-electron chi connectivity index (χ1n) is 7.34. The Hall–Kier alpha value is -1.55. The molecule has 1 heterocycles. The Kier molecular flexibility index (Phi) is 5.41. The summed E-state index contributed by atoms with van der Waals surface area (Å²) in [4.78, 5) is 13.9. The molecule has 1 fully saturated rings. The summed E-state index contributed by atoms with van der Waals surface area (Å²) in [6, 6.07) is 10.2. The molecule has 0 radical (unpaired) electrons. The molecular weight excluding hydrogens is 252 g/mol. The van der Waals surface area contributed by atoms with E-state index in [4.69, 9.17) is 4.74 Å². The van der Waals surface area contributed by atoms with Gasteiger partial charge in [-0.05, 0) is 17.9 Å². The predicted octanol–water partition coefficient (Wildman–Crippen LogP) is 2.64. The zero-order valence-corrected chi connectivity index (χ0v) is 12.3. The van der Waals surface area contributed by atoms with Gasteiger partial charge in [0.15, 0.2) is 0 Å². The Morgan fingerprint density at radius 1 is 1.40 bits per heavy atom. The van der Waals surface area contributed by atoms with Crippen molar-refractivity contribution in [3.63, 3.8) is 0 Å². The molecule has 1 aromatic carbocycles. The Bertz CT molecular complexity index is 420. The smallest absolute Gasteiger partial charge is 0.410 e. The van der Waals surface area contributed by atoms with E-state index >= 15 is 0 Å². The van der Waals surface area contributed by atoms with Crippen LogP contribution in [0.25, 0.3) is 0 Å². The highest BCUT2D eigenvalue weighted by molar-refractivity contribution is 5.67. The van der Waals surface area contributed by atoms with E-state index in [2.05, 4.69) is 19.2 Å². The minimum Gasteiger partial charge on any atom is -0.445 e. The molecule has 1 saturated heterocycles. The lowest BCUT2D eigenvalue weighted by atomic mass is 10.0. The minimum absolute atomic E-state index is 0.205. The van der Waals surface area contributed by atoms with E-state index in [1.54, 1.807) is 0 Å². The highest BCUT2D eigenvalue weighted by Gasteiger charge is 2.24. The molecule has 110 valence electrons. The van der Waals surface area contributed by atoms with E-state index in [1.165, 1.54) is 0 Å². The van der Waals surface area contributed by atoms with Crippen LogP contribution >= 0.6 is 0 Å². The first-order valence-corrected chi connectivity index (χ1v) is 7.34. The van der Waals surface area contributed by atoms with E-state index in [0.29, 0.717) is 18.6 Å². The van der Waals surface area contributed by atoms with Crippen LogP contribution in [0.5, 0.6) is 0 Å². The van der Waals surface area contributed by atoms with Crippen LogP contribution in [0, 0.1) is 5.92 Å². The van der Waals surface area contributed by atoms with Gasteiger partial charge in [0, 0.05) is 25.7 Å². The van der Waals surface area contributed by atoms with Crippen LogP contribution in [-0.2, 0) is 11.3 Å². The standard InChI is InChI=1S/C16H24N2O2/c1-13(2)10-15-11-18(9-8-17-15)16(19)20-12-14-6-4-3-5-7-14/h3-7,13,15,17H,8-12H2,1-2H3/t15-/m0/s1. The molecule has 0 spiro atoms. The summed E-state index contributed by atoms with van der Waals surface area (Å²) in [5.74, 6) is 0.632. The van der Waals surface area contributed by atoms with Gasteiger partial charge in [0.2, 0.25) is 0 Å². The molecule has 2 rings (SSSR count). The first-order chi connectivity index (χ1) is 9.65. The van der Waals surface area contributed by atoms with Gasteiger partial charge in [0.1, 0.15) is 6.61 Å². The van der Waals surface area contributed by atoms with Crippen molar-refractivity contribution in [3.05, 3.63) is 35.9 Å². The van der Waals surface area contributed by atoms with Crippen molar-refractivity contribution in [2.75, 3.05) is 19.6 Å². The van der Waals surface area contributed by atoms with Crippen molar-refractivity contribution in [2.45, 2.75) is 32.9 Å². The lowest BCUT2D eigenvalue weighted by Gasteiger charge is -2.33. The maximum Gasteiger partial charge on any atom is 0.410 e. The molecule has 4 nitrogen and oxygen atoms in total. The molecule has 1 atom stereocenters. The maximum atomic E-state index is 12.1. The zero-order chi connectivity index (χ0) is 14.4. The fourth-order valence-corrected chi connectivity index (χ4v) is 2.53. The van der Waals surface area contributed by atoms with Gasteiger partial charge in [0.25, 0.3) is 0 Å². The van der Waals surface area contributed by atoms with Gasteiger partial charge < -0.3 is 15.0 Å². The van der Waals surface area contributed by atoms with Crippen LogP contribution in [-0.4, -0.2) is 36.7 Å². The summed E-state index contributed by atoms with van der Waals surface area (Å²) in [5.41, 5.74) is 1.02. The lowest BCUT2D eigenvalue weighted by molar-refractivity contribution is 0.0831. The van der Waals surface area contributed by atoms with Gasteiger partial charge in [-0.3, -0.25) is 0 Å². The van der Waals surface area contributed by atoms with Gasteiger partial charge in [-0.15, -0.1) is 0 Å². The van der Waals surface area contributed by atoms with Gasteiger partial charge in [0.05, 0.1) is 0 Å². The third-order valence-corrected chi connectivity index (χ3v) is 3.47. The molecular formula is C16H24N2O2. The number of carbonyl (C=O) groups is 1. The normalized spacial score (nSPS) is 19.1. The molecule has 0 saturated carbocycles. The van der Waals surface area contributed by atoms with Crippen LogP contribution in [0.1, 0.15) is 25.8 Å². The Balaban J connectivity index is 1.80. The molecule has 0 bridgehead atoms. The quantitative estimate of drug-likeness (QED) is 0.919. The van der Waals surface area contributed by atoms with Crippen molar-refractivity contribution in [2.24, 2.45) is 5.92 Å². The van der Waals surface area contributed by atoms with Crippen LogP contribution in [0.3, 0.4) is 0 Å². The maximum absolute atomic E-state index is 12.1. The number of hydrogen-bond donors (Lipinski definition) is 1. The van der Waals surface area contributed by atoms with Crippen molar-refractivity contribution in [1.82, 2.24) is 10.2 Å². The Morgan fingerprint density at radius 3 is 2.85 bits per heavy atom.